The molecule has 0 bridgehead atoms. The van der Waals surface area contributed by atoms with Gasteiger partial charge in [-0.3, -0.25) is 19.0 Å². The van der Waals surface area contributed by atoms with Gasteiger partial charge in [0.25, 0.3) is 5.56 Å². The molecule has 1 N–H and O–H groups in total. The summed E-state index contributed by atoms with van der Waals surface area (Å²) in [6.45, 7) is 5.10. The van der Waals surface area contributed by atoms with Crippen molar-refractivity contribution in [1.29, 1.82) is 0 Å². The molecule has 33 heavy (non-hydrogen) atoms. The average Bonchev–Trinajstić information content (AvgIpc) is 2.77. The standard InChI is InChI=1S/C25H31FN4O3/c1-16(2)11-23(31)27-14-19-7-4-8-22-28-21-9-10-29(15-20(21)25(33)30(19)22)24(32)13-17-5-3-6-18(26)12-17/h3,5-6,12,16,19H,4,7-11,13-15H2,1-2H3,(H,27,31)/t19-/m1/s1. The van der Waals surface area contributed by atoms with E-state index < -0.39 is 0 Å². The molecular weight excluding hydrogens is 423 g/mol. The quantitative estimate of drug-likeness (QED) is 0.727. The highest BCUT2D eigenvalue weighted by atomic mass is 19.1. The number of nitrogens with zero attached hydrogens (tertiary/aromatic N) is 3. The molecule has 1 aromatic carbocycles. The number of rotatable bonds is 6. The Balaban J connectivity index is 1.52. The van der Waals surface area contributed by atoms with Crippen LogP contribution in [0.3, 0.4) is 0 Å². The first-order valence-corrected chi connectivity index (χ1v) is 11.7. The second-order valence-electron chi connectivity index (χ2n) is 9.45. The highest BCUT2D eigenvalue weighted by molar-refractivity contribution is 5.79. The van der Waals surface area contributed by atoms with Crippen molar-refractivity contribution >= 4 is 11.8 Å². The van der Waals surface area contributed by atoms with Crippen molar-refractivity contribution in [2.45, 2.75) is 65.0 Å². The summed E-state index contributed by atoms with van der Waals surface area (Å²) in [6.07, 6.45) is 3.55. The van der Waals surface area contributed by atoms with Crippen molar-refractivity contribution in [2.75, 3.05) is 13.1 Å². The van der Waals surface area contributed by atoms with Crippen LogP contribution in [-0.4, -0.2) is 39.4 Å². The average molecular weight is 455 g/mol. The largest absolute Gasteiger partial charge is 0.354 e. The van der Waals surface area contributed by atoms with Gasteiger partial charge in [0, 0.05) is 32.4 Å². The SMILES string of the molecule is CC(C)CC(=O)NC[C@H]1CCCc2nc3c(c(=O)n21)CN(C(=O)Cc1cccc(F)c1)CC3. The number of benzene rings is 1. The van der Waals surface area contributed by atoms with Crippen molar-refractivity contribution < 1.29 is 14.0 Å². The first-order valence-electron chi connectivity index (χ1n) is 11.7. The fraction of sp³-hybridized carbons (Fsp3) is 0.520. The number of hydrogen-bond donors (Lipinski definition) is 1. The number of carbonyl (C=O) groups is 2. The van der Waals surface area contributed by atoms with Crippen LogP contribution >= 0.6 is 0 Å². The number of carbonyl (C=O) groups excluding carboxylic acids is 2. The molecule has 1 aromatic heterocycles. The smallest absolute Gasteiger partial charge is 0.259 e. The van der Waals surface area contributed by atoms with Crippen LogP contribution in [0.1, 0.15) is 61.8 Å². The fourth-order valence-electron chi connectivity index (χ4n) is 4.73. The van der Waals surface area contributed by atoms with Crippen molar-refractivity contribution in [3.05, 3.63) is 63.1 Å². The van der Waals surface area contributed by atoms with Gasteiger partial charge in [0.2, 0.25) is 11.8 Å². The summed E-state index contributed by atoms with van der Waals surface area (Å²) in [5.74, 6) is 0.532. The topological polar surface area (TPSA) is 84.3 Å². The van der Waals surface area contributed by atoms with E-state index in [-0.39, 0.29) is 48.1 Å². The Bertz CT molecular complexity index is 1110. The van der Waals surface area contributed by atoms with E-state index >= 15 is 0 Å². The van der Waals surface area contributed by atoms with Gasteiger partial charge in [-0.05, 0) is 36.5 Å². The lowest BCUT2D eigenvalue weighted by Gasteiger charge is -2.32. The maximum Gasteiger partial charge on any atom is 0.259 e. The Labute approximate surface area is 193 Å². The molecule has 2 aliphatic heterocycles. The molecule has 4 rings (SSSR count). The van der Waals surface area contributed by atoms with E-state index in [4.69, 9.17) is 4.98 Å². The zero-order valence-corrected chi connectivity index (χ0v) is 19.3. The fourth-order valence-corrected chi connectivity index (χ4v) is 4.73. The van der Waals surface area contributed by atoms with Gasteiger partial charge in [0.15, 0.2) is 0 Å². The molecule has 0 spiro atoms. The number of nitrogens with one attached hydrogen (secondary N) is 1. The molecule has 0 aliphatic carbocycles. The lowest BCUT2D eigenvalue weighted by Crippen LogP contribution is -2.45. The number of halogens is 1. The third-order valence-electron chi connectivity index (χ3n) is 6.36. The highest BCUT2D eigenvalue weighted by Gasteiger charge is 2.30. The van der Waals surface area contributed by atoms with E-state index in [1.807, 2.05) is 13.8 Å². The molecule has 8 heteroatoms. The molecule has 0 unspecified atom stereocenters. The number of hydrogen-bond acceptors (Lipinski definition) is 4. The Morgan fingerprint density at radius 2 is 2.09 bits per heavy atom. The van der Waals surface area contributed by atoms with E-state index in [0.717, 1.165) is 30.8 Å². The summed E-state index contributed by atoms with van der Waals surface area (Å²) in [5, 5.41) is 2.97. The van der Waals surface area contributed by atoms with Crippen LogP contribution in [0.5, 0.6) is 0 Å². The maximum atomic E-state index is 13.5. The Morgan fingerprint density at radius 3 is 2.85 bits per heavy atom. The number of fused-ring (bicyclic) bond motifs is 2. The summed E-state index contributed by atoms with van der Waals surface area (Å²) < 4.78 is 15.2. The van der Waals surface area contributed by atoms with Gasteiger partial charge in [0.05, 0.1) is 30.3 Å². The van der Waals surface area contributed by atoms with Crippen molar-refractivity contribution in [2.24, 2.45) is 5.92 Å². The van der Waals surface area contributed by atoms with Crippen LogP contribution in [-0.2, 0) is 35.4 Å². The summed E-state index contributed by atoms with van der Waals surface area (Å²) in [5.41, 5.74) is 1.83. The van der Waals surface area contributed by atoms with E-state index in [2.05, 4.69) is 5.32 Å². The summed E-state index contributed by atoms with van der Waals surface area (Å²) >= 11 is 0. The van der Waals surface area contributed by atoms with Crippen LogP contribution in [0.15, 0.2) is 29.1 Å². The van der Waals surface area contributed by atoms with Crippen molar-refractivity contribution in [3.8, 4) is 0 Å². The Hall–Kier alpha value is -3.03. The third-order valence-corrected chi connectivity index (χ3v) is 6.36. The van der Waals surface area contributed by atoms with Gasteiger partial charge in [-0.2, -0.15) is 0 Å². The van der Waals surface area contributed by atoms with Crippen LogP contribution in [0.25, 0.3) is 0 Å². The zero-order chi connectivity index (χ0) is 23.5. The summed E-state index contributed by atoms with van der Waals surface area (Å²) in [4.78, 5) is 44.9. The van der Waals surface area contributed by atoms with Crippen LogP contribution in [0.4, 0.5) is 4.39 Å². The van der Waals surface area contributed by atoms with Crippen LogP contribution < -0.4 is 10.9 Å². The maximum absolute atomic E-state index is 13.5. The molecule has 0 saturated carbocycles. The van der Waals surface area contributed by atoms with Gasteiger partial charge in [0.1, 0.15) is 11.6 Å². The minimum Gasteiger partial charge on any atom is -0.354 e. The molecule has 2 aliphatic rings. The van der Waals surface area contributed by atoms with E-state index in [1.165, 1.54) is 12.1 Å². The first-order chi connectivity index (χ1) is 15.8. The number of aryl methyl sites for hydroxylation is 1. The number of aromatic nitrogens is 2. The van der Waals surface area contributed by atoms with Gasteiger partial charge in [-0.1, -0.05) is 26.0 Å². The molecule has 3 heterocycles. The van der Waals surface area contributed by atoms with Gasteiger partial charge in [-0.15, -0.1) is 0 Å². The molecule has 0 saturated heterocycles. The van der Waals surface area contributed by atoms with Gasteiger partial charge in [-0.25, -0.2) is 9.37 Å². The summed E-state index contributed by atoms with van der Waals surface area (Å²) in [7, 11) is 0. The highest BCUT2D eigenvalue weighted by Crippen LogP contribution is 2.24. The summed E-state index contributed by atoms with van der Waals surface area (Å²) in [6, 6.07) is 5.90. The van der Waals surface area contributed by atoms with Crippen molar-refractivity contribution in [3.63, 3.8) is 0 Å². The molecule has 7 nitrogen and oxygen atoms in total. The molecule has 0 fully saturated rings. The molecular formula is C25H31FN4O3. The van der Waals surface area contributed by atoms with E-state index in [9.17, 15) is 18.8 Å². The molecule has 2 aromatic rings. The monoisotopic (exact) mass is 454 g/mol. The van der Waals surface area contributed by atoms with E-state index in [0.29, 0.717) is 37.1 Å². The zero-order valence-electron chi connectivity index (χ0n) is 19.3. The third kappa shape index (κ3) is 5.31. The lowest BCUT2D eigenvalue weighted by atomic mass is 10.00. The number of amides is 2. The first kappa shape index (κ1) is 23.1. The van der Waals surface area contributed by atoms with Gasteiger partial charge < -0.3 is 10.2 Å². The van der Waals surface area contributed by atoms with Crippen LogP contribution in [0, 0.1) is 11.7 Å². The lowest BCUT2D eigenvalue weighted by molar-refractivity contribution is -0.131. The molecule has 2 amide bonds. The Kier molecular flexibility index (Phi) is 6.91. The second-order valence-corrected chi connectivity index (χ2v) is 9.45. The predicted molar refractivity (Wildman–Crippen MR) is 122 cm³/mol. The van der Waals surface area contributed by atoms with E-state index in [1.54, 1.807) is 21.6 Å². The minimum atomic E-state index is -0.370. The normalized spacial score (nSPS) is 17.5. The van der Waals surface area contributed by atoms with Crippen molar-refractivity contribution in [1.82, 2.24) is 19.8 Å². The Morgan fingerprint density at radius 1 is 1.27 bits per heavy atom. The molecule has 176 valence electrons. The predicted octanol–water partition coefficient (Wildman–Crippen LogP) is 2.55. The van der Waals surface area contributed by atoms with Crippen LogP contribution in [0.2, 0.25) is 0 Å². The molecule has 1 atom stereocenters. The second kappa shape index (κ2) is 9.85. The van der Waals surface area contributed by atoms with Gasteiger partial charge >= 0.3 is 0 Å². The minimum absolute atomic E-state index is 0.00906. The molecule has 0 radical (unpaired) electrons.